The second-order valence-electron chi connectivity index (χ2n) is 5.61. The summed E-state index contributed by atoms with van der Waals surface area (Å²) in [6.07, 6.45) is 0. The number of hydrogen-bond donors (Lipinski definition) is 2. The van der Waals surface area contributed by atoms with Gasteiger partial charge in [0.25, 0.3) is 5.91 Å². The van der Waals surface area contributed by atoms with Gasteiger partial charge in [-0.25, -0.2) is 13.1 Å². The Morgan fingerprint density at radius 1 is 1.19 bits per heavy atom. The maximum absolute atomic E-state index is 12.6. The van der Waals surface area contributed by atoms with E-state index in [1.54, 1.807) is 6.92 Å². The van der Waals surface area contributed by atoms with E-state index in [4.69, 9.17) is 4.74 Å². The first-order valence-electron chi connectivity index (χ1n) is 8.02. The molecule has 2 N–H and O–H groups in total. The molecule has 0 saturated carbocycles. The molecule has 8 heteroatoms. The van der Waals surface area contributed by atoms with Crippen molar-refractivity contribution in [2.24, 2.45) is 0 Å². The van der Waals surface area contributed by atoms with Crippen LogP contribution in [-0.2, 0) is 10.0 Å². The molecule has 6 nitrogen and oxygen atoms in total. The molecule has 0 aromatic heterocycles. The first-order chi connectivity index (χ1) is 12.3. The minimum atomic E-state index is -3.75. The monoisotopic (exact) mass is 440 g/mol. The van der Waals surface area contributed by atoms with Crippen molar-refractivity contribution in [2.75, 3.05) is 13.7 Å². The van der Waals surface area contributed by atoms with Crippen molar-refractivity contribution in [2.45, 2.75) is 24.8 Å². The van der Waals surface area contributed by atoms with E-state index in [1.807, 2.05) is 31.2 Å². The number of benzene rings is 2. The average molecular weight is 441 g/mol. The highest BCUT2D eigenvalue weighted by molar-refractivity contribution is 9.10. The molecule has 2 aromatic rings. The van der Waals surface area contributed by atoms with Crippen molar-refractivity contribution < 1.29 is 17.9 Å². The molecule has 0 fully saturated rings. The van der Waals surface area contributed by atoms with E-state index in [2.05, 4.69) is 26.0 Å². The van der Waals surface area contributed by atoms with E-state index in [0.717, 1.165) is 10.0 Å². The molecule has 0 aliphatic heterocycles. The van der Waals surface area contributed by atoms with Crippen molar-refractivity contribution >= 4 is 31.9 Å². The van der Waals surface area contributed by atoms with Gasteiger partial charge >= 0.3 is 0 Å². The molecule has 0 spiro atoms. The van der Waals surface area contributed by atoms with Crippen LogP contribution in [0.25, 0.3) is 0 Å². The van der Waals surface area contributed by atoms with Gasteiger partial charge in [-0.05, 0) is 42.8 Å². The van der Waals surface area contributed by atoms with Crippen LogP contribution in [0, 0.1) is 0 Å². The highest BCUT2D eigenvalue weighted by Gasteiger charge is 2.21. The van der Waals surface area contributed by atoms with E-state index in [0.29, 0.717) is 0 Å². The highest BCUT2D eigenvalue weighted by Crippen LogP contribution is 2.25. The zero-order valence-corrected chi connectivity index (χ0v) is 17.1. The lowest BCUT2D eigenvalue weighted by Crippen LogP contribution is -2.28. The summed E-state index contributed by atoms with van der Waals surface area (Å²) in [6.45, 7) is 3.78. The molecule has 0 radical (unpaired) electrons. The quantitative estimate of drug-likeness (QED) is 0.691. The number of amides is 1. The minimum absolute atomic E-state index is 0.0641. The number of nitrogens with one attached hydrogen (secondary N) is 2. The minimum Gasteiger partial charge on any atom is -0.495 e. The lowest BCUT2D eigenvalue weighted by Gasteiger charge is -2.16. The maximum Gasteiger partial charge on any atom is 0.251 e. The Bertz CT molecular complexity index is 883. The Morgan fingerprint density at radius 2 is 1.85 bits per heavy atom. The number of carbonyl (C=O) groups is 1. The first-order valence-corrected chi connectivity index (χ1v) is 10.3. The summed E-state index contributed by atoms with van der Waals surface area (Å²) >= 11 is 3.37. The van der Waals surface area contributed by atoms with Crippen molar-refractivity contribution in [3.63, 3.8) is 0 Å². The molecule has 2 rings (SSSR count). The Labute approximate surface area is 162 Å². The summed E-state index contributed by atoms with van der Waals surface area (Å²) in [6, 6.07) is 11.7. The fraction of sp³-hybridized carbons (Fsp3) is 0.278. The molecule has 2 aromatic carbocycles. The van der Waals surface area contributed by atoms with Gasteiger partial charge in [0, 0.05) is 16.6 Å². The number of halogens is 1. The summed E-state index contributed by atoms with van der Waals surface area (Å²) in [5.41, 5.74) is 1.18. The number of sulfonamides is 1. The molecule has 0 unspecified atom stereocenters. The zero-order chi connectivity index (χ0) is 19.3. The van der Waals surface area contributed by atoms with Gasteiger partial charge in [0.15, 0.2) is 0 Å². The van der Waals surface area contributed by atoms with Crippen LogP contribution in [-0.4, -0.2) is 28.0 Å². The van der Waals surface area contributed by atoms with Crippen LogP contribution in [0.4, 0.5) is 0 Å². The van der Waals surface area contributed by atoms with Gasteiger partial charge in [0.2, 0.25) is 10.0 Å². The molecule has 0 heterocycles. The van der Waals surface area contributed by atoms with Crippen LogP contribution >= 0.6 is 15.9 Å². The number of methoxy groups -OCH3 is 1. The number of carbonyl (C=O) groups excluding carboxylic acids is 1. The zero-order valence-electron chi connectivity index (χ0n) is 14.7. The van der Waals surface area contributed by atoms with Crippen molar-refractivity contribution in [1.82, 2.24) is 10.0 Å². The topological polar surface area (TPSA) is 84.5 Å². The van der Waals surface area contributed by atoms with Gasteiger partial charge in [-0.1, -0.05) is 35.0 Å². The average Bonchev–Trinajstić information content (AvgIpc) is 2.61. The Balaban J connectivity index is 2.27. The number of hydrogen-bond acceptors (Lipinski definition) is 4. The molecule has 0 aliphatic rings. The van der Waals surface area contributed by atoms with Gasteiger partial charge in [-0.15, -0.1) is 0 Å². The lowest BCUT2D eigenvalue weighted by molar-refractivity contribution is 0.0939. The molecule has 26 heavy (non-hydrogen) atoms. The fourth-order valence-electron chi connectivity index (χ4n) is 2.41. The summed E-state index contributed by atoms with van der Waals surface area (Å²) in [7, 11) is -2.37. The van der Waals surface area contributed by atoms with E-state index in [9.17, 15) is 13.2 Å². The van der Waals surface area contributed by atoms with Gasteiger partial charge in [-0.3, -0.25) is 4.79 Å². The Morgan fingerprint density at radius 3 is 2.42 bits per heavy atom. The van der Waals surface area contributed by atoms with Gasteiger partial charge in [0.05, 0.1) is 13.2 Å². The fourth-order valence-corrected chi connectivity index (χ4v) is 3.91. The molecule has 1 amide bonds. The molecule has 0 aliphatic carbocycles. The molecule has 0 saturated heterocycles. The third-order valence-electron chi connectivity index (χ3n) is 3.77. The van der Waals surface area contributed by atoms with Crippen molar-refractivity contribution in [1.29, 1.82) is 0 Å². The summed E-state index contributed by atoms with van der Waals surface area (Å²) in [5.74, 6) is -0.181. The number of ether oxygens (including phenoxy) is 1. The van der Waals surface area contributed by atoms with Crippen LogP contribution in [0.15, 0.2) is 51.8 Å². The smallest absolute Gasteiger partial charge is 0.251 e. The third-order valence-corrected chi connectivity index (χ3v) is 5.86. The van der Waals surface area contributed by atoms with Crippen LogP contribution in [0.3, 0.4) is 0 Å². The molecule has 0 bridgehead atoms. The summed E-state index contributed by atoms with van der Waals surface area (Å²) in [5, 5.41) is 2.87. The second-order valence-corrected chi connectivity index (χ2v) is 8.26. The van der Waals surface area contributed by atoms with E-state index in [-0.39, 0.29) is 34.7 Å². The standard InChI is InChI=1S/C18H21BrN2O4S/c1-4-20-26(23,24)17-11-14(7-10-16(17)25-3)18(22)21-12(2)13-5-8-15(19)9-6-13/h5-12,20H,4H2,1-3H3,(H,21,22)/t12-/m1/s1. The van der Waals surface area contributed by atoms with E-state index < -0.39 is 10.0 Å². The normalized spacial score (nSPS) is 12.5. The predicted octanol–water partition coefficient (Wildman–Crippen LogP) is 3.25. The lowest BCUT2D eigenvalue weighted by atomic mass is 10.1. The van der Waals surface area contributed by atoms with Crippen LogP contribution in [0.5, 0.6) is 5.75 Å². The Hall–Kier alpha value is -1.90. The van der Waals surface area contributed by atoms with Crippen molar-refractivity contribution in [3.8, 4) is 5.75 Å². The first kappa shape index (κ1) is 20.4. The van der Waals surface area contributed by atoms with E-state index >= 15 is 0 Å². The molecule has 140 valence electrons. The Kier molecular flexibility index (Phi) is 6.80. The number of rotatable bonds is 7. The van der Waals surface area contributed by atoms with Gasteiger partial charge in [-0.2, -0.15) is 0 Å². The third kappa shape index (κ3) is 4.84. The van der Waals surface area contributed by atoms with Crippen LogP contribution in [0.2, 0.25) is 0 Å². The van der Waals surface area contributed by atoms with Crippen molar-refractivity contribution in [3.05, 3.63) is 58.1 Å². The summed E-state index contributed by atoms with van der Waals surface area (Å²) in [4.78, 5) is 12.5. The second kappa shape index (κ2) is 8.66. The predicted molar refractivity (Wildman–Crippen MR) is 104 cm³/mol. The van der Waals surface area contributed by atoms with Gasteiger partial charge < -0.3 is 10.1 Å². The molecular weight excluding hydrogens is 420 g/mol. The highest BCUT2D eigenvalue weighted by atomic mass is 79.9. The maximum atomic E-state index is 12.6. The van der Waals surface area contributed by atoms with Gasteiger partial charge in [0.1, 0.15) is 10.6 Å². The SMILES string of the molecule is CCNS(=O)(=O)c1cc(C(=O)N[C@H](C)c2ccc(Br)cc2)ccc1OC. The largest absolute Gasteiger partial charge is 0.495 e. The van der Waals surface area contributed by atoms with E-state index in [1.165, 1.54) is 25.3 Å². The molecular formula is C18H21BrN2O4S. The van der Waals surface area contributed by atoms with Crippen LogP contribution < -0.4 is 14.8 Å². The summed E-state index contributed by atoms with van der Waals surface area (Å²) < 4.78 is 33.1. The van der Waals surface area contributed by atoms with Crippen LogP contribution in [0.1, 0.15) is 35.8 Å². The molecule has 1 atom stereocenters.